The van der Waals surface area contributed by atoms with Crippen molar-refractivity contribution in [1.29, 1.82) is 0 Å². The van der Waals surface area contributed by atoms with Crippen LogP contribution in [0.4, 0.5) is 0 Å². The highest BCUT2D eigenvalue weighted by Gasteiger charge is 2.22. The van der Waals surface area contributed by atoms with Gasteiger partial charge < -0.3 is 14.4 Å². The molecule has 0 aliphatic carbocycles. The Kier molecular flexibility index (Phi) is 9.07. The van der Waals surface area contributed by atoms with E-state index in [1.165, 1.54) is 32.4 Å². The Morgan fingerprint density at radius 3 is 2.88 bits per heavy atom. The highest BCUT2D eigenvalue weighted by molar-refractivity contribution is 6.17. The van der Waals surface area contributed by atoms with Crippen molar-refractivity contribution in [2.24, 2.45) is 0 Å². The Balaban J connectivity index is 2.00. The summed E-state index contributed by atoms with van der Waals surface area (Å²) in [5.41, 5.74) is 0. The smallest absolute Gasteiger partial charge is 0.0700 e. The van der Waals surface area contributed by atoms with Crippen LogP contribution in [0.15, 0.2) is 0 Å². The van der Waals surface area contributed by atoms with E-state index in [0.29, 0.717) is 13.2 Å². The average molecular weight is 264 g/mol. The lowest BCUT2D eigenvalue weighted by atomic mass is 10.1. The van der Waals surface area contributed by atoms with Crippen LogP contribution in [0.2, 0.25) is 0 Å². The van der Waals surface area contributed by atoms with E-state index in [-0.39, 0.29) is 0 Å². The van der Waals surface area contributed by atoms with Crippen molar-refractivity contribution < 1.29 is 9.47 Å². The molecule has 1 saturated heterocycles. The van der Waals surface area contributed by atoms with Gasteiger partial charge in [0, 0.05) is 32.2 Å². The van der Waals surface area contributed by atoms with Crippen LogP contribution in [-0.4, -0.2) is 56.8 Å². The van der Waals surface area contributed by atoms with Gasteiger partial charge in [0.1, 0.15) is 0 Å². The molecule has 0 aromatic rings. The van der Waals surface area contributed by atoms with E-state index in [1.54, 1.807) is 7.11 Å². The van der Waals surface area contributed by atoms with Crippen LogP contribution in [0.3, 0.4) is 0 Å². The highest BCUT2D eigenvalue weighted by Crippen LogP contribution is 2.21. The third-order valence-electron chi connectivity index (χ3n) is 3.34. The maximum Gasteiger partial charge on any atom is 0.0700 e. The first-order valence-electron chi connectivity index (χ1n) is 6.75. The molecule has 0 bridgehead atoms. The number of hydrogen-bond acceptors (Lipinski definition) is 3. The Bertz CT molecular complexity index is 181. The second-order valence-electron chi connectivity index (χ2n) is 4.62. The van der Waals surface area contributed by atoms with Gasteiger partial charge in [0.2, 0.25) is 0 Å². The fraction of sp³-hybridized carbons (Fsp3) is 1.00. The summed E-state index contributed by atoms with van der Waals surface area (Å²) >= 11 is 5.75. The van der Waals surface area contributed by atoms with Crippen LogP contribution in [-0.2, 0) is 9.47 Å². The van der Waals surface area contributed by atoms with Gasteiger partial charge in [-0.1, -0.05) is 0 Å². The lowest BCUT2D eigenvalue weighted by Gasteiger charge is -2.24. The van der Waals surface area contributed by atoms with Crippen molar-refractivity contribution in [3.63, 3.8) is 0 Å². The minimum Gasteiger partial charge on any atom is -0.382 e. The van der Waals surface area contributed by atoms with Gasteiger partial charge in [-0.3, -0.25) is 0 Å². The number of alkyl halides is 1. The summed E-state index contributed by atoms with van der Waals surface area (Å²) in [4.78, 5) is 2.60. The summed E-state index contributed by atoms with van der Waals surface area (Å²) in [5.74, 6) is 0.796. The maximum absolute atomic E-state index is 5.75. The summed E-state index contributed by atoms with van der Waals surface area (Å²) in [6.45, 7) is 4.68. The summed E-state index contributed by atoms with van der Waals surface area (Å²) in [5, 5.41) is 0. The molecule has 0 radical (unpaired) electrons. The third-order valence-corrected chi connectivity index (χ3v) is 3.60. The van der Waals surface area contributed by atoms with Crippen LogP contribution in [0.25, 0.3) is 0 Å². The van der Waals surface area contributed by atoms with E-state index in [9.17, 15) is 0 Å². The number of ether oxygens (including phenoxy) is 2. The van der Waals surface area contributed by atoms with Gasteiger partial charge in [0.25, 0.3) is 0 Å². The first-order valence-corrected chi connectivity index (χ1v) is 7.28. The number of methoxy groups -OCH3 is 1. The molecule has 17 heavy (non-hydrogen) atoms. The summed E-state index contributed by atoms with van der Waals surface area (Å²) in [6, 6.07) is 0.771. The van der Waals surface area contributed by atoms with Crippen LogP contribution in [0.5, 0.6) is 0 Å². The maximum atomic E-state index is 5.75. The van der Waals surface area contributed by atoms with Crippen molar-refractivity contribution in [3.05, 3.63) is 0 Å². The number of halogens is 1. The molecule has 1 aliphatic rings. The van der Waals surface area contributed by atoms with E-state index < -0.39 is 0 Å². The van der Waals surface area contributed by atoms with Gasteiger partial charge in [-0.2, -0.15) is 0 Å². The van der Waals surface area contributed by atoms with Crippen molar-refractivity contribution in [3.8, 4) is 0 Å². The standard InChI is InChI=1S/C13H26ClNO2/c1-16-11-12-17-10-4-9-15-8-3-6-13(15)5-2-7-14/h13H,2-12H2,1H3. The first kappa shape index (κ1) is 15.2. The number of likely N-dealkylation sites (tertiary alicyclic amines) is 1. The normalized spacial score (nSPS) is 21.2. The first-order chi connectivity index (χ1) is 8.38. The highest BCUT2D eigenvalue weighted by atomic mass is 35.5. The third kappa shape index (κ3) is 6.61. The minimum absolute atomic E-state index is 0.696. The predicted octanol–water partition coefficient (Wildman–Crippen LogP) is 2.52. The molecule has 0 saturated carbocycles. The van der Waals surface area contributed by atoms with Crippen molar-refractivity contribution in [2.75, 3.05) is 45.9 Å². The number of hydrogen-bond donors (Lipinski definition) is 0. The summed E-state index contributed by atoms with van der Waals surface area (Å²) < 4.78 is 10.4. The molecule has 0 aromatic carbocycles. The van der Waals surface area contributed by atoms with Gasteiger partial charge >= 0.3 is 0 Å². The van der Waals surface area contributed by atoms with Crippen LogP contribution in [0, 0.1) is 0 Å². The lowest BCUT2D eigenvalue weighted by Crippen LogP contribution is -2.31. The Labute approximate surface area is 110 Å². The quantitative estimate of drug-likeness (QED) is 0.447. The second kappa shape index (κ2) is 10.1. The largest absolute Gasteiger partial charge is 0.382 e. The molecule has 1 unspecified atom stereocenters. The monoisotopic (exact) mass is 263 g/mol. The minimum atomic E-state index is 0.696. The predicted molar refractivity (Wildman–Crippen MR) is 71.9 cm³/mol. The fourth-order valence-corrected chi connectivity index (χ4v) is 2.60. The molecule has 0 N–H and O–H groups in total. The SMILES string of the molecule is COCCOCCCN1CCCC1CCCCl. The second-order valence-corrected chi connectivity index (χ2v) is 5.00. The molecule has 4 heteroatoms. The molecule has 1 fully saturated rings. The van der Waals surface area contributed by atoms with E-state index >= 15 is 0 Å². The van der Waals surface area contributed by atoms with Gasteiger partial charge in [-0.05, 0) is 38.6 Å². The van der Waals surface area contributed by atoms with E-state index in [4.69, 9.17) is 21.1 Å². The molecule has 1 aliphatic heterocycles. The average Bonchev–Trinajstić information content (AvgIpc) is 2.78. The molecule has 3 nitrogen and oxygen atoms in total. The van der Waals surface area contributed by atoms with Crippen molar-refractivity contribution in [2.45, 2.75) is 38.1 Å². The van der Waals surface area contributed by atoms with Gasteiger partial charge in [-0.25, -0.2) is 0 Å². The van der Waals surface area contributed by atoms with Gasteiger partial charge in [-0.15, -0.1) is 11.6 Å². The molecule has 102 valence electrons. The van der Waals surface area contributed by atoms with Crippen LogP contribution >= 0.6 is 11.6 Å². The lowest BCUT2D eigenvalue weighted by molar-refractivity contribution is 0.0644. The van der Waals surface area contributed by atoms with Crippen LogP contribution in [0.1, 0.15) is 32.1 Å². The van der Waals surface area contributed by atoms with E-state index in [2.05, 4.69) is 4.90 Å². The van der Waals surface area contributed by atoms with E-state index in [0.717, 1.165) is 31.4 Å². The van der Waals surface area contributed by atoms with Crippen molar-refractivity contribution >= 4 is 11.6 Å². The van der Waals surface area contributed by atoms with Crippen molar-refractivity contribution in [1.82, 2.24) is 4.90 Å². The molecule has 1 atom stereocenters. The Morgan fingerprint density at radius 1 is 1.24 bits per heavy atom. The molecular weight excluding hydrogens is 238 g/mol. The zero-order valence-corrected chi connectivity index (χ0v) is 11.8. The molecule has 1 rings (SSSR count). The summed E-state index contributed by atoms with van der Waals surface area (Å²) in [6.07, 6.45) is 6.22. The van der Waals surface area contributed by atoms with E-state index in [1.807, 2.05) is 0 Å². The molecule has 0 spiro atoms. The number of nitrogens with zero attached hydrogens (tertiary/aromatic N) is 1. The van der Waals surface area contributed by atoms with Gasteiger partial charge in [0.15, 0.2) is 0 Å². The Hall–Kier alpha value is 0.170. The molecule has 0 aromatic heterocycles. The zero-order chi connectivity index (χ0) is 12.3. The molecule has 1 heterocycles. The molecule has 0 amide bonds. The van der Waals surface area contributed by atoms with Gasteiger partial charge in [0.05, 0.1) is 13.2 Å². The molecular formula is C13H26ClNO2. The van der Waals surface area contributed by atoms with Crippen LogP contribution < -0.4 is 0 Å². The number of rotatable bonds is 10. The zero-order valence-electron chi connectivity index (χ0n) is 11.0. The summed E-state index contributed by atoms with van der Waals surface area (Å²) in [7, 11) is 1.70. The fourth-order valence-electron chi connectivity index (χ4n) is 2.44. The topological polar surface area (TPSA) is 21.7 Å². The Morgan fingerprint density at radius 2 is 2.12 bits per heavy atom.